The van der Waals surface area contributed by atoms with Crippen molar-refractivity contribution in [3.8, 4) is 0 Å². The van der Waals surface area contributed by atoms with Crippen molar-refractivity contribution in [1.29, 1.82) is 0 Å². The Kier molecular flexibility index (Phi) is 5.57. The van der Waals surface area contributed by atoms with Gasteiger partial charge in [-0.15, -0.1) is 5.10 Å². The van der Waals surface area contributed by atoms with Crippen LogP contribution in [0.5, 0.6) is 0 Å². The van der Waals surface area contributed by atoms with E-state index in [2.05, 4.69) is 63.1 Å². The van der Waals surface area contributed by atoms with E-state index in [4.69, 9.17) is 4.74 Å². The minimum atomic E-state index is 0.399. The molecule has 26 heavy (non-hydrogen) atoms. The summed E-state index contributed by atoms with van der Waals surface area (Å²) >= 11 is 0. The summed E-state index contributed by atoms with van der Waals surface area (Å²) in [4.78, 5) is 2.43. The summed E-state index contributed by atoms with van der Waals surface area (Å²) < 4.78 is 7.42. The second-order valence-corrected chi connectivity index (χ2v) is 7.45. The predicted molar refractivity (Wildman–Crippen MR) is 98.4 cm³/mol. The van der Waals surface area contributed by atoms with E-state index >= 15 is 0 Å². The fourth-order valence-corrected chi connectivity index (χ4v) is 4.19. The van der Waals surface area contributed by atoms with Crippen molar-refractivity contribution in [3.63, 3.8) is 0 Å². The van der Waals surface area contributed by atoms with E-state index < -0.39 is 0 Å². The summed E-state index contributed by atoms with van der Waals surface area (Å²) in [5.41, 5.74) is 1.37. The fraction of sp³-hybridized carbons (Fsp3) is 0.632. The van der Waals surface area contributed by atoms with Crippen molar-refractivity contribution in [2.45, 2.75) is 44.4 Å². The number of benzene rings is 1. The second-order valence-electron chi connectivity index (χ2n) is 7.45. The molecule has 2 unspecified atom stereocenters. The highest BCUT2D eigenvalue weighted by Crippen LogP contribution is 2.30. The van der Waals surface area contributed by atoms with Crippen LogP contribution < -0.4 is 5.32 Å². The van der Waals surface area contributed by atoms with Crippen LogP contribution in [-0.2, 0) is 17.8 Å². The van der Waals surface area contributed by atoms with Crippen LogP contribution >= 0.6 is 0 Å². The topological polar surface area (TPSA) is 68.1 Å². The van der Waals surface area contributed by atoms with Crippen molar-refractivity contribution in [1.82, 2.24) is 30.4 Å². The van der Waals surface area contributed by atoms with E-state index in [1.54, 1.807) is 0 Å². The van der Waals surface area contributed by atoms with Gasteiger partial charge in [0, 0.05) is 38.4 Å². The van der Waals surface area contributed by atoms with Gasteiger partial charge in [-0.05, 0) is 48.2 Å². The summed E-state index contributed by atoms with van der Waals surface area (Å²) in [7, 11) is 2.20. The quantitative estimate of drug-likeness (QED) is 0.849. The third kappa shape index (κ3) is 3.95. The lowest BCUT2D eigenvalue weighted by Gasteiger charge is -2.26. The summed E-state index contributed by atoms with van der Waals surface area (Å²) in [6.07, 6.45) is 3.32. The molecule has 2 aromatic rings. The Morgan fingerprint density at radius 1 is 1.15 bits per heavy atom. The lowest BCUT2D eigenvalue weighted by atomic mass is 10.00. The number of hydrogen-bond donors (Lipinski definition) is 1. The Balaban J connectivity index is 1.38. The molecule has 1 aromatic heterocycles. The minimum absolute atomic E-state index is 0.399. The Morgan fingerprint density at radius 3 is 2.77 bits per heavy atom. The molecular formula is C19H28N6O. The molecule has 2 atom stereocenters. The number of nitrogens with one attached hydrogen (secondary N) is 1. The molecular weight excluding hydrogens is 328 g/mol. The molecule has 7 heteroatoms. The molecule has 0 radical (unpaired) electrons. The Bertz CT molecular complexity index is 684. The van der Waals surface area contributed by atoms with Crippen LogP contribution in [-0.4, -0.2) is 58.0 Å². The maximum absolute atomic E-state index is 5.45. The molecule has 1 aromatic carbocycles. The van der Waals surface area contributed by atoms with Crippen LogP contribution in [0.15, 0.2) is 30.3 Å². The number of aromatic nitrogens is 4. The van der Waals surface area contributed by atoms with E-state index in [9.17, 15) is 0 Å². The highest BCUT2D eigenvalue weighted by atomic mass is 16.5. The lowest BCUT2D eigenvalue weighted by molar-refractivity contribution is 0.0596. The highest BCUT2D eigenvalue weighted by Gasteiger charge is 2.32. The third-order valence-electron chi connectivity index (χ3n) is 5.69. The maximum atomic E-state index is 5.45. The molecule has 0 bridgehead atoms. The number of rotatable bonds is 6. The molecule has 3 heterocycles. The Morgan fingerprint density at radius 2 is 1.96 bits per heavy atom. The monoisotopic (exact) mass is 356 g/mol. The largest absolute Gasteiger partial charge is 0.381 e. The number of ether oxygens (including phenoxy) is 1. The van der Waals surface area contributed by atoms with Crippen LogP contribution in [0.1, 0.15) is 36.7 Å². The van der Waals surface area contributed by atoms with E-state index in [1.165, 1.54) is 5.56 Å². The number of nitrogens with zero attached hydrogens (tertiary/aromatic N) is 5. The van der Waals surface area contributed by atoms with Gasteiger partial charge in [0.1, 0.15) is 0 Å². The van der Waals surface area contributed by atoms with Crippen molar-refractivity contribution in [2.75, 3.05) is 26.8 Å². The van der Waals surface area contributed by atoms with Crippen LogP contribution in [0.2, 0.25) is 0 Å². The summed E-state index contributed by atoms with van der Waals surface area (Å²) in [5, 5.41) is 16.1. The van der Waals surface area contributed by atoms with Crippen molar-refractivity contribution in [3.05, 3.63) is 41.7 Å². The summed E-state index contributed by atoms with van der Waals surface area (Å²) in [6.45, 7) is 4.41. The molecule has 4 rings (SSSR count). The first-order valence-electron chi connectivity index (χ1n) is 9.62. The average Bonchev–Trinajstić information content (AvgIpc) is 3.27. The molecule has 2 fully saturated rings. The Labute approximate surface area is 154 Å². The van der Waals surface area contributed by atoms with Gasteiger partial charge >= 0.3 is 0 Å². The molecule has 0 amide bonds. The molecule has 1 N–H and O–H groups in total. The lowest BCUT2D eigenvalue weighted by Crippen LogP contribution is -2.35. The van der Waals surface area contributed by atoms with Crippen LogP contribution in [0.4, 0.5) is 0 Å². The van der Waals surface area contributed by atoms with Gasteiger partial charge in [0.25, 0.3) is 0 Å². The zero-order valence-corrected chi connectivity index (χ0v) is 15.4. The highest BCUT2D eigenvalue weighted by molar-refractivity contribution is 5.22. The molecule has 0 spiro atoms. The SMILES string of the molecule is CN1CCC(NCc2nnnn2CC2CCOCC2)C1c1ccccc1. The number of likely N-dealkylation sites (tertiary alicyclic amines) is 1. The zero-order valence-electron chi connectivity index (χ0n) is 15.4. The minimum Gasteiger partial charge on any atom is -0.381 e. The summed E-state index contributed by atoms with van der Waals surface area (Å²) in [6, 6.07) is 11.6. The van der Waals surface area contributed by atoms with E-state index in [0.29, 0.717) is 24.5 Å². The first-order valence-corrected chi connectivity index (χ1v) is 9.62. The maximum Gasteiger partial charge on any atom is 0.165 e. The number of hydrogen-bond acceptors (Lipinski definition) is 6. The van der Waals surface area contributed by atoms with Gasteiger partial charge in [-0.1, -0.05) is 30.3 Å². The fourth-order valence-electron chi connectivity index (χ4n) is 4.19. The first-order chi connectivity index (χ1) is 12.8. The third-order valence-corrected chi connectivity index (χ3v) is 5.69. The van der Waals surface area contributed by atoms with Gasteiger partial charge in [0.05, 0.1) is 6.54 Å². The van der Waals surface area contributed by atoms with Gasteiger partial charge in [0.15, 0.2) is 5.82 Å². The first kappa shape index (κ1) is 17.6. The molecule has 7 nitrogen and oxygen atoms in total. The smallest absolute Gasteiger partial charge is 0.165 e. The molecule has 2 saturated heterocycles. The van der Waals surface area contributed by atoms with Gasteiger partial charge in [-0.2, -0.15) is 0 Å². The van der Waals surface area contributed by atoms with Crippen LogP contribution in [0, 0.1) is 5.92 Å². The zero-order chi connectivity index (χ0) is 17.8. The Hall–Kier alpha value is -1.83. The van der Waals surface area contributed by atoms with Gasteiger partial charge in [-0.25, -0.2) is 4.68 Å². The normalized spacial score (nSPS) is 25.0. The van der Waals surface area contributed by atoms with Crippen molar-refractivity contribution in [2.24, 2.45) is 5.92 Å². The standard InChI is InChI=1S/C19H28N6O/c1-24-10-7-17(19(24)16-5-3-2-4-6-16)20-13-18-21-22-23-25(18)14-15-8-11-26-12-9-15/h2-6,15,17,19-20H,7-14H2,1H3. The average molecular weight is 356 g/mol. The second kappa shape index (κ2) is 8.24. The predicted octanol–water partition coefficient (Wildman–Crippen LogP) is 1.63. The molecule has 2 aliphatic heterocycles. The molecule has 140 valence electrons. The van der Waals surface area contributed by atoms with Crippen molar-refractivity contribution < 1.29 is 4.74 Å². The van der Waals surface area contributed by atoms with Gasteiger partial charge in [0.2, 0.25) is 0 Å². The number of likely N-dealkylation sites (N-methyl/N-ethyl adjacent to an activating group) is 1. The molecule has 0 saturated carbocycles. The number of tetrazole rings is 1. The van der Waals surface area contributed by atoms with E-state index in [0.717, 1.165) is 51.4 Å². The molecule has 2 aliphatic rings. The summed E-state index contributed by atoms with van der Waals surface area (Å²) in [5.74, 6) is 1.54. The van der Waals surface area contributed by atoms with Gasteiger partial charge in [-0.3, -0.25) is 4.90 Å². The van der Waals surface area contributed by atoms with Crippen LogP contribution in [0.25, 0.3) is 0 Å². The van der Waals surface area contributed by atoms with E-state index in [1.807, 2.05) is 4.68 Å². The van der Waals surface area contributed by atoms with Gasteiger partial charge < -0.3 is 10.1 Å². The molecule has 0 aliphatic carbocycles. The van der Waals surface area contributed by atoms with E-state index in [-0.39, 0.29) is 0 Å². The van der Waals surface area contributed by atoms with Crippen molar-refractivity contribution >= 4 is 0 Å². The van der Waals surface area contributed by atoms with Crippen LogP contribution in [0.3, 0.4) is 0 Å².